The molecule has 0 unspecified atom stereocenters. The van der Waals surface area contributed by atoms with Crippen LogP contribution in [0.4, 0.5) is 0 Å². The molecule has 0 saturated carbocycles. The largest absolute Gasteiger partial charge is 0.437 e. The molecular weight excluding hydrogens is 246 g/mol. The molecule has 0 saturated heterocycles. The number of carbonyl (C=O) groups is 1. The van der Waals surface area contributed by atoms with E-state index >= 15 is 0 Å². The number of hydrogen-bond acceptors (Lipinski definition) is 5. The van der Waals surface area contributed by atoms with Gasteiger partial charge in [-0.1, -0.05) is 12.1 Å². The molecule has 6 heteroatoms. The van der Waals surface area contributed by atoms with E-state index in [1.807, 2.05) is 12.1 Å². The third-order valence-electron chi connectivity index (χ3n) is 2.44. The Hall–Kier alpha value is -2.47. The molecule has 0 spiro atoms. The fourth-order valence-corrected chi connectivity index (χ4v) is 1.53. The van der Waals surface area contributed by atoms with Gasteiger partial charge in [-0.15, -0.1) is 0 Å². The summed E-state index contributed by atoms with van der Waals surface area (Å²) in [4.78, 5) is 18.9. The Morgan fingerprint density at radius 3 is 2.53 bits per heavy atom. The molecule has 1 amide bonds. The van der Waals surface area contributed by atoms with Crippen LogP contribution < -0.4 is 10.5 Å². The quantitative estimate of drug-likeness (QED) is 0.831. The average molecular weight is 259 g/mol. The molecule has 1 aromatic heterocycles. The van der Waals surface area contributed by atoms with Crippen molar-refractivity contribution in [2.24, 2.45) is 5.73 Å². The van der Waals surface area contributed by atoms with E-state index in [0.717, 1.165) is 5.56 Å². The van der Waals surface area contributed by atoms with E-state index in [-0.39, 0.29) is 18.2 Å². The van der Waals surface area contributed by atoms with Crippen LogP contribution in [-0.4, -0.2) is 27.6 Å². The molecule has 0 aliphatic heterocycles. The number of aliphatic hydroxyl groups is 1. The van der Waals surface area contributed by atoms with Crippen molar-refractivity contribution in [3.63, 3.8) is 0 Å². The predicted molar refractivity (Wildman–Crippen MR) is 67.9 cm³/mol. The summed E-state index contributed by atoms with van der Waals surface area (Å²) in [5, 5.41) is 8.82. The molecule has 3 N–H and O–H groups in total. The molecule has 0 fully saturated rings. The maximum Gasteiger partial charge on any atom is 0.272 e. The first kappa shape index (κ1) is 13.0. The van der Waals surface area contributed by atoms with Gasteiger partial charge in [-0.25, -0.2) is 9.97 Å². The average Bonchev–Trinajstić information content (AvgIpc) is 2.42. The van der Waals surface area contributed by atoms with E-state index < -0.39 is 5.91 Å². The first-order chi connectivity index (χ1) is 9.20. The monoisotopic (exact) mass is 259 g/mol. The Bertz CT molecular complexity index is 570. The molecule has 19 heavy (non-hydrogen) atoms. The highest BCUT2D eigenvalue weighted by molar-refractivity contribution is 5.92. The van der Waals surface area contributed by atoms with Crippen molar-refractivity contribution in [1.82, 2.24) is 9.97 Å². The molecule has 0 atom stereocenters. The lowest BCUT2D eigenvalue weighted by atomic mass is 10.1. The zero-order valence-electron chi connectivity index (χ0n) is 10.1. The molecule has 0 aliphatic rings. The van der Waals surface area contributed by atoms with Crippen LogP contribution in [0.25, 0.3) is 0 Å². The lowest BCUT2D eigenvalue weighted by molar-refractivity contribution is 0.0992. The summed E-state index contributed by atoms with van der Waals surface area (Å²) in [5.74, 6) is -0.102. The first-order valence-corrected chi connectivity index (χ1v) is 5.69. The number of nitrogens with zero attached hydrogens (tertiary/aromatic N) is 2. The number of primary amides is 1. The predicted octanol–water partition coefficient (Wildman–Crippen LogP) is 0.903. The summed E-state index contributed by atoms with van der Waals surface area (Å²) in [6.07, 6.45) is 3.37. The van der Waals surface area contributed by atoms with Gasteiger partial charge in [0.05, 0.1) is 0 Å². The van der Waals surface area contributed by atoms with E-state index in [9.17, 15) is 4.79 Å². The number of benzene rings is 1. The van der Waals surface area contributed by atoms with Crippen LogP contribution in [-0.2, 0) is 6.42 Å². The summed E-state index contributed by atoms with van der Waals surface area (Å²) in [7, 11) is 0. The van der Waals surface area contributed by atoms with E-state index in [1.165, 1.54) is 12.4 Å². The van der Waals surface area contributed by atoms with E-state index in [0.29, 0.717) is 12.2 Å². The van der Waals surface area contributed by atoms with Gasteiger partial charge in [-0.05, 0) is 24.1 Å². The van der Waals surface area contributed by atoms with Crippen LogP contribution in [0.3, 0.4) is 0 Å². The lowest BCUT2D eigenvalue weighted by Crippen LogP contribution is -2.14. The summed E-state index contributed by atoms with van der Waals surface area (Å²) in [6, 6.07) is 7.10. The fraction of sp³-hybridized carbons (Fsp3) is 0.154. The minimum Gasteiger partial charge on any atom is -0.437 e. The van der Waals surface area contributed by atoms with E-state index in [1.54, 1.807) is 12.1 Å². The second kappa shape index (κ2) is 5.92. The SMILES string of the molecule is NC(=O)c1nccnc1Oc1ccc(CCO)cc1. The number of aliphatic hydroxyl groups excluding tert-OH is 1. The minimum atomic E-state index is -0.694. The topological polar surface area (TPSA) is 98.3 Å². The van der Waals surface area contributed by atoms with E-state index in [2.05, 4.69) is 9.97 Å². The van der Waals surface area contributed by atoms with Crippen molar-refractivity contribution >= 4 is 5.91 Å². The maximum atomic E-state index is 11.2. The second-order valence-electron chi connectivity index (χ2n) is 3.79. The van der Waals surface area contributed by atoms with Gasteiger partial charge in [-0.2, -0.15) is 0 Å². The first-order valence-electron chi connectivity index (χ1n) is 5.69. The minimum absolute atomic E-state index is 0.0121. The van der Waals surface area contributed by atoms with Gasteiger partial charge in [0.15, 0.2) is 5.69 Å². The van der Waals surface area contributed by atoms with Gasteiger partial charge in [0.2, 0.25) is 0 Å². The van der Waals surface area contributed by atoms with Crippen molar-refractivity contribution in [2.45, 2.75) is 6.42 Å². The van der Waals surface area contributed by atoms with E-state index in [4.69, 9.17) is 15.6 Å². The Morgan fingerprint density at radius 1 is 1.21 bits per heavy atom. The molecule has 0 radical (unpaired) electrons. The highest BCUT2D eigenvalue weighted by Gasteiger charge is 2.12. The van der Waals surface area contributed by atoms with Crippen LogP contribution >= 0.6 is 0 Å². The molecule has 2 aromatic rings. The van der Waals surface area contributed by atoms with Crippen molar-refractivity contribution in [3.05, 3.63) is 47.9 Å². The third kappa shape index (κ3) is 3.26. The Morgan fingerprint density at radius 2 is 1.89 bits per heavy atom. The molecular formula is C13H13N3O3. The number of carbonyl (C=O) groups excluding carboxylic acids is 1. The smallest absolute Gasteiger partial charge is 0.272 e. The maximum absolute atomic E-state index is 11.2. The zero-order valence-corrected chi connectivity index (χ0v) is 10.1. The van der Waals surface area contributed by atoms with Gasteiger partial charge in [0, 0.05) is 19.0 Å². The van der Waals surface area contributed by atoms with Gasteiger partial charge in [0.1, 0.15) is 5.75 Å². The van der Waals surface area contributed by atoms with Gasteiger partial charge in [0.25, 0.3) is 11.8 Å². The fourth-order valence-electron chi connectivity index (χ4n) is 1.53. The lowest BCUT2D eigenvalue weighted by Gasteiger charge is -2.07. The van der Waals surface area contributed by atoms with Crippen molar-refractivity contribution < 1.29 is 14.6 Å². The van der Waals surface area contributed by atoms with Crippen LogP contribution in [0, 0.1) is 0 Å². The van der Waals surface area contributed by atoms with Gasteiger partial charge >= 0.3 is 0 Å². The van der Waals surface area contributed by atoms with Crippen molar-refractivity contribution in [2.75, 3.05) is 6.61 Å². The highest BCUT2D eigenvalue weighted by atomic mass is 16.5. The Balaban J connectivity index is 2.19. The number of amides is 1. The molecule has 2 rings (SSSR count). The Labute approximate surface area is 109 Å². The molecule has 1 aromatic carbocycles. The number of rotatable bonds is 5. The van der Waals surface area contributed by atoms with Crippen molar-refractivity contribution in [1.29, 1.82) is 0 Å². The van der Waals surface area contributed by atoms with Crippen molar-refractivity contribution in [3.8, 4) is 11.6 Å². The number of nitrogens with two attached hydrogens (primary N) is 1. The number of hydrogen-bond donors (Lipinski definition) is 2. The van der Waals surface area contributed by atoms with Crippen LogP contribution in [0.1, 0.15) is 16.1 Å². The van der Waals surface area contributed by atoms with Crippen LogP contribution in [0.2, 0.25) is 0 Å². The summed E-state index contributed by atoms with van der Waals surface area (Å²) < 4.78 is 5.47. The second-order valence-corrected chi connectivity index (χ2v) is 3.79. The molecule has 0 bridgehead atoms. The summed E-state index contributed by atoms with van der Waals surface area (Å²) in [5.41, 5.74) is 6.16. The summed E-state index contributed by atoms with van der Waals surface area (Å²) >= 11 is 0. The van der Waals surface area contributed by atoms with Gasteiger partial charge < -0.3 is 15.6 Å². The molecule has 98 valence electrons. The number of aromatic nitrogens is 2. The van der Waals surface area contributed by atoms with Gasteiger partial charge in [-0.3, -0.25) is 4.79 Å². The molecule has 1 heterocycles. The molecule has 6 nitrogen and oxygen atoms in total. The molecule has 0 aliphatic carbocycles. The van der Waals surface area contributed by atoms with Crippen LogP contribution in [0.15, 0.2) is 36.7 Å². The Kier molecular flexibility index (Phi) is 4.04. The van der Waals surface area contributed by atoms with Crippen LogP contribution in [0.5, 0.6) is 11.6 Å². The number of ether oxygens (including phenoxy) is 1. The zero-order chi connectivity index (χ0) is 13.7. The normalized spacial score (nSPS) is 10.2. The standard InChI is InChI=1S/C13H13N3O3/c14-12(18)11-13(16-7-6-15-11)19-10-3-1-9(2-4-10)5-8-17/h1-4,6-7,17H,5,8H2,(H2,14,18). The highest BCUT2D eigenvalue weighted by Crippen LogP contribution is 2.21. The third-order valence-corrected chi connectivity index (χ3v) is 2.44. The summed E-state index contributed by atoms with van der Waals surface area (Å²) in [6.45, 7) is 0.0934.